The van der Waals surface area contributed by atoms with Crippen LogP contribution in [0.4, 0.5) is 4.39 Å². The summed E-state index contributed by atoms with van der Waals surface area (Å²) < 4.78 is 19.8. The van der Waals surface area contributed by atoms with E-state index in [9.17, 15) is 4.39 Å². The van der Waals surface area contributed by atoms with E-state index >= 15 is 0 Å². The van der Waals surface area contributed by atoms with Crippen LogP contribution in [0.1, 0.15) is 17.2 Å². The highest BCUT2D eigenvalue weighted by molar-refractivity contribution is 9.10. The van der Waals surface area contributed by atoms with E-state index in [-0.39, 0.29) is 11.9 Å². The van der Waals surface area contributed by atoms with Crippen LogP contribution < -0.4 is 5.32 Å². The van der Waals surface area contributed by atoms with E-state index in [1.165, 1.54) is 6.07 Å². The van der Waals surface area contributed by atoms with Gasteiger partial charge in [-0.05, 0) is 24.7 Å². The van der Waals surface area contributed by atoms with Gasteiger partial charge in [-0.1, -0.05) is 15.9 Å². The monoisotopic (exact) mass is 259 g/mol. The molecule has 0 spiro atoms. The molecule has 0 aliphatic carbocycles. The molecule has 1 heterocycles. The van der Waals surface area contributed by atoms with Crippen molar-refractivity contribution in [3.8, 4) is 0 Å². The molecule has 0 saturated carbocycles. The maximum absolute atomic E-state index is 13.6. The van der Waals surface area contributed by atoms with Crippen LogP contribution in [-0.2, 0) is 11.3 Å². The Bertz CT molecular complexity index is 356. The Labute approximate surface area is 90.6 Å². The minimum Gasteiger partial charge on any atom is -0.375 e. The Balaban J connectivity index is 2.51. The molecule has 1 atom stereocenters. The van der Waals surface area contributed by atoms with E-state index < -0.39 is 0 Å². The predicted octanol–water partition coefficient (Wildman–Crippen LogP) is 2.38. The van der Waals surface area contributed by atoms with Crippen molar-refractivity contribution in [1.29, 1.82) is 0 Å². The first-order valence-corrected chi connectivity index (χ1v) is 5.24. The van der Waals surface area contributed by atoms with E-state index in [1.807, 2.05) is 13.1 Å². The van der Waals surface area contributed by atoms with Crippen molar-refractivity contribution in [2.24, 2.45) is 0 Å². The highest BCUT2D eigenvalue weighted by Crippen LogP contribution is 2.29. The Morgan fingerprint density at radius 3 is 3.07 bits per heavy atom. The average Bonchev–Trinajstić information content (AvgIpc) is 2.16. The Hall–Kier alpha value is -0.450. The third-order valence-corrected chi connectivity index (χ3v) is 2.88. The van der Waals surface area contributed by atoms with Gasteiger partial charge in [0.2, 0.25) is 0 Å². The largest absolute Gasteiger partial charge is 0.375 e. The topological polar surface area (TPSA) is 21.3 Å². The Morgan fingerprint density at radius 1 is 1.57 bits per heavy atom. The number of fused-ring (bicyclic) bond motifs is 1. The fourth-order valence-electron chi connectivity index (χ4n) is 1.75. The van der Waals surface area contributed by atoms with Gasteiger partial charge < -0.3 is 10.1 Å². The number of hydrogen-bond acceptors (Lipinski definition) is 2. The molecule has 4 heteroatoms. The Kier molecular flexibility index (Phi) is 2.85. The standard InChI is InChI=1S/C10H11BrFNO/c1-13-9-5-14-4-6-2-7(11)3-8(12)10(6)9/h2-3,9,13H,4-5H2,1H3/t9-/m1/s1. The fraction of sp³-hybridized carbons (Fsp3) is 0.400. The van der Waals surface area contributed by atoms with Gasteiger partial charge in [-0.2, -0.15) is 0 Å². The molecule has 0 unspecified atom stereocenters. The molecule has 76 valence electrons. The van der Waals surface area contributed by atoms with Crippen molar-refractivity contribution < 1.29 is 9.13 Å². The van der Waals surface area contributed by atoms with E-state index in [2.05, 4.69) is 21.2 Å². The van der Waals surface area contributed by atoms with Gasteiger partial charge >= 0.3 is 0 Å². The van der Waals surface area contributed by atoms with Gasteiger partial charge in [-0.3, -0.25) is 0 Å². The van der Waals surface area contributed by atoms with Crippen molar-refractivity contribution in [2.75, 3.05) is 13.7 Å². The average molecular weight is 260 g/mol. The van der Waals surface area contributed by atoms with Gasteiger partial charge in [-0.15, -0.1) is 0 Å². The molecule has 1 aliphatic rings. The van der Waals surface area contributed by atoms with Crippen LogP contribution in [0.3, 0.4) is 0 Å². The second-order valence-electron chi connectivity index (χ2n) is 3.32. The van der Waals surface area contributed by atoms with E-state index in [0.717, 1.165) is 15.6 Å². The van der Waals surface area contributed by atoms with E-state index in [1.54, 1.807) is 0 Å². The lowest BCUT2D eigenvalue weighted by Gasteiger charge is -2.25. The SMILES string of the molecule is CN[C@@H]1COCc2cc(Br)cc(F)c21. The molecular formula is C10H11BrFNO. The zero-order chi connectivity index (χ0) is 10.1. The van der Waals surface area contributed by atoms with Crippen molar-refractivity contribution in [2.45, 2.75) is 12.6 Å². The molecule has 0 saturated heterocycles. The van der Waals surface area contributed by atoms with Gasteiger partial charge in [0.15, 0.2) is 0 Å². The summed E-state index contributed by atoms with van der Waals surface area (Å²) in [5.74, 6) is -0.169. The lowest BCUT2D eigenvalue weighted by molar-refractivity contribution is 0.0825. The van der Waals surface area contributed by atoms with Crippen LogP contribution in [0.25, 0.3) is 0 Å². The van der Waals surface area contributed by atoms with Crippen LogP contribution in [0, 0.1) is 5.82 Å². The molecule has 0 fully saturated rings. The smallest absolute Gasteiger partial charge is 0.129 e. The second kappa shape index (κ2) is 3.96. The minimum absolute atomic E-state index is 0.0353. The van der Waals surface area contributed by atoms with E-state index in [4.69, 9.17) is 4.74 Å². The number of benzene rings is 1. The molecule has 1 aromatic carbocycles. The van der Waals surface area contributed by atoms with Gasteiger partial charge in [0.25, 0.3) is 0 Å². The molecule has 0 amide bonds. The summed E-state index contributed by atoms with van der Waals surface area (Å²) in [6, 6.07) is 3.36. The summed E-state index contributed by atoms with van der Waals surface area (Å²) in [4.78, 5) is 0. The molecule has 14 heavy (non-hydrogen) atoms. The van der Waals surface area contributed by atoms with Gasteiger partial charge in [0.1, 0.15) is 5.82 Å². The molecular weight excluding hydrogens is 249 g/mol. The summed E-state index contributed by atoms with van der Waals surface area (Å²) in [5, 5.41) is 3.04. The second-order valence-corrected chi connectivity index (χ2v) is 4.23. The van der Waals surface area contributed by atoms with Crippen LogP contribution >= 0.6 is 15.9 Å². The minimum atomic E-state index is -0.169. The number of halogens is 2. The molecule has 1 N–H and O–H groups in total. The van der Waals surface area contributed by atoms with Crippen LogP contribution in [0.15, 0.2) is 16.6 Å². The molecule has 1 aromatic rings. The van der Waals surface area contributed by atoms with Crippen LogP contribution in [-0.4, -0.2) is 13.7 Å². The number of rotatable bonds is 1. The zero-order valence-corrected chi connectivity index (χ0v) is 9.40. The number of ether oxygens (including phenoxy) is 1. The fourth-order valence-corrected chi connectivity index (χ4v) is 2.22. The summed E-state index contributed by atoms with van der Waals surface area (Å²) in [6.07, 6.45) is 0. The van der Waals surface area contributed by atoms with Crippen LogP contribution in [0.5, 0.6) is 0 Å². The quantitative estimate of drug-likeness (QED) is 0.837. The summed E-state index contributed by atoms with van der Waals surface area (Å²) in [5.41, 5.74) is 1.66. The molecule has 1 aliphatic heterocycles. The molecule has 0 radical (unpaired) electrons. The highest BCUT2D eigenvalue weighted by atomic mass is 79.9. The predicted molar refractivity (Wildman–Crippen MR) is 55.6 cm³/mol. The number of likely N-dealkylation sites (N-methyl/N-ethyl adjacent to an activating group) is 1. The maximum atomic E-state index is 13.6. The van der Waals surface area contributed by atoms with E-state index in [0.29, 0.717) is 13.2 Å². The van der Waals surface area contributed by atoms with Gasteiger partial charge in [0, 0.05) is 10.0 Å². The van der Waals surface area contributed by atoms with Crippen molar-refractivity contribution in [1.82, 2.24) is 5.32 Å². The third-order valence-electron chi connectivity index (χ3n) is 2.42. The first-order chi connectivity index (χ1) is 6.72. The first-order valence-electron chi connectivity index (χ1n) is 4.45. The number of nitrogens with one attached hydrogen (secondary N) is 1. The summed E-state index contributed by atoms with van der Waals surface area (Å²) in [6.45, 7) is 1.02. The number of hydrogen-bond donors (Lipinski definition) is 1. The summed E-state index contributed by atoms with van der Waals surface area (Å²) in [7, 11) is 1.81. The lowest BCUT2D eigenvalue weighted by Crippen LogP contribution is -2.28. The van der Waals surface area contributed by atoms with Gasteiger partial charge in [0.05, 0.1) is 19.3 Å². The summed E-state index contributed by atoms with van der Waals surface area (Å²) >= 11 is 3.27. The lowest BCUT2D eigenvalue weighted by atomic mass is 9.98. The zero-order valence-electron chi connectivity index (χ0n) is 7.81. The van der Waals surface area contributed by atoms with Crippen LogP contribution in [0.2, 0.25) is 0 Å². The Morgan fingerprint density at radius 2 is 2.36 bits per heavy atom. The van der Waals surface area contributed by atoms with Gasteiger partial charge in [-0.25, -0.2) is 4.39 Å². The first kappa shape index (κ1) is 10.1. The molecule has 0 aromatic heterocycles. The molecule has 2 nitrogen and oxygen atoms in total. The normalized spacial score (nSPS) is 20.6. The molecule has 0 bridgehead atoms. The van der Waals surface area contributed by atoms with Crippen molar-refractivity contribution in [3.63, 3.8) is 0 Å². The highest BCUT2D eigenvalue weighted by Gasteiger charge is 2.23. The maximum Gasteiger partial charge on any atom is 0.129 e. The third kappa shape index (κ3) is 1.69. The molecule has 2 rings (SSSR count). The van der Waals surface area contributed by atoms with Crippen molar-refractivity contribution in [3.05, 3.63) is 33.5 Å². The van der Waals surface area contributed by atoms with Crippen molar-refractivity contribution >= 4 is 15.9 Å².